The maximum atomic E-state index is 10.3. The molecule has 0 amide bonds. The maximum absolute atomic E-state index is 10.3. The van der Waals surface area contributed by atoms with E-state index in [4.69, 9.17) is 28.4 Å². The summed E-state index contributed by atoms with van der Waals surface area (Å²) in [4.78, 5) is 0. The molecule has 10 atom stereocenters. The second-order valence-electron chi connectivity index (χ2n) is 9.42. The summed E-state index contributed by atoms with van der Waals surface area (Å²) in [6.07, 6.45) is -6.99. The van der Waals surface area contributed by atoms with Crippen LogP contribution < -0.4 is 0 Å². The maximum Gasteiger partial charge on any atom is 0.186 e. The molecule has 0 bridgehead atoms. The number of aliphatic hydroxyl groups excluding tert-OH is 6. The van der Waals surface area contributed by atoms with Crippen LogP contribution in [0.1, 0.15) is 51.9 Å². The topological polar surface area (TPSA) is 177 Å². The van der Waals surface area contributed by atoms with Crippen molar-refractivity contribution in [3.63, 3.8) is 0 Å². The molecule has 0 aromatic heterocycles. The summed E-state index contributed by atoms with van der Waals surface area (Å²) in [7, 11) is 1.63. The molecule has 2 aliphatic rings. The third-order valence-electron chi connectivity index (χ3n) is 6.46. The third-order valence-corrected chi connectivity index (χ3v) is 6.46. The van der Waals surface area contributed by atoms with Crippen LogP contribution in [0.2, 0.25) is 0 Å². The Morgan fingerprint density at radius 1 is 0.556 bits per heavy atom. The molecule has 2 heterocycles. The number of hydrogen-bond donors (Lipinski definition) is 6. The normalized spacial score (nSPS) is 37.3. The van der Waals surface area contributed by atoms with Gasteiger partial charge in [0, 0.05) is 26.9 Å². The molecule has 0 radical (unpaired) electrons. The molecular formula is C24H46O12. The van der Waals surface area contributed by atoms with Gasteiger partial charge in [-0.25, -0.2) is 0 Å². The first-order chi connectivity index (χ1) is 17.3. The van der Waals surface area contributed by atoms with Crippen LogP contribution in [0.5, 0.6) is 0 Å². The zero-order valence-electron chi connectivity index (χ0n) is 21.4. The summed E-state index contributed by atoms with van der Waals surface area (Å²) in [5, 5.41) is 61.6. The zero-order valence-corrected chi connectivity index (χ0v) is 21.4. The van der Waals surface area contributed by atoms with E-state index in [1.54, 1.807) is 7.11 Å². The predicted octanol–water partition coefficient (Wildman–Crippen LogP) is -0.952. The lowest BCUT2D eigenvalue weighted by atomic mass is 9.98. The van der Waals surface area contributed by atoms with Crippen molar-refractivity contribution < 1.29 is 59.1 Å². The first kappa shape index (κ1) is 31.7. The number of ether oxygens (including phenoxy) is 6. The highest BCUT2D eigenvalue weighted by atomic mass is 16.7. The van der Waals surface area contributed by atoms with Crippen LogP contribution in [0.3, 0.4) is 0 Å². The van der Waals surface area contributed by atoms with Crippen molar-refractivity contribution in [1.29, 1.82) is 0 Å². The summed E-state index contributed by atoms with van der Waals surface area (Å²) in [6.45, 7) is 3.17. The fourth-order valence-corrected chi connectivity index (χ4v) is 4.13. The molecule has 0 saturated carbocycles. The van der Waals surface area contributed by atoms with E-state index in [0.29, 0.717) is 19.6 Å². The smallest absolute Gasteiger partial charge is 0.186 e. The zero-order chi connectivity index (χ0) is 26.5. The number of aliphatic hydroxyl groups is 6. The van der Waals surface area contributed by atoms with Gasteiger partial charge in [-0.1, -0.05) is 26.2 Å². The van der Waals surface area contributed by atoms with E-state index in [1.807, 2.05) is 0 Å². The van der Waals surface area contributed by atoms with E-state index in [0.717, 1.165) is 38.5 Å². The molecule has 2 aliphatic heterocycles. The fourth-order valence-electron chi connectivity index (χ4n) is 4.13. The van der Waals surface area contributed by atoms with Crippen LogP contribution in [-0.2, 0) is 28.4 Å². The van der Waals surface area contributed by atoms with E-state index >= 15 is 0 Å². The van der Waals surface area contributed by atoms with E-state index in [1.165, 1.54) is 0 Å². The minimum atomic E-state index is -1.56. The molecule has 2 fully saturated rings. The van der Waals surface area contributed by atoms with Gasteiger partial charge in [0.1, 0.15) is 48.8 Å². The summed E-state index contributed by atoms with van der Waals surface area (Å²) < 4.78 is 32.9. The minimum absolute atomic E-state index is 0.00465. The lowest BCUT2D eigenvalue weighted by Gasteiger charge is -2.43. The second kappa shape index (κ2) is 17.2. The van der Waals surface area contributed by atoms with E-state index < -0.39 is 61.4 Å². The molecular weight excluding hydrogens is 480 g/mol. The minimum Gasteiger partial charge on any atom is -0.387 e. The van der Waals surface area contributed by atoms with Gasteiger partial charge >= 0.3 is 0 Å². The Kier molecular flexibility index (Phi) is 15.1. The van der Waals surface area contributed by atoms with Crippen molar-refractivity contribution >= 4 is 0 Å². The lowest BCUT2D eigenvalue weighted by molar-refractivity contribution is -0.331. The Bertz CT molecular complexity index is 521. The summed E-state index contributed by atoms with van der Waals surface area (Å²) in [5.41, 5.74) is 0. The molecule has 10 unspecified atom stereocenters. The molecule has 0 aromatic rings. The molecule has 0 spiro atoms. The molecule has 6 N–H and O–H groups in total. The van der Waals surface area contributed by atoms with Crippen molar-refractivity contribution in [2.45, 2.75) is 113 Å². The first-order valence-electron chi connectivity index (χ1n) is 13.0. The molecule has 214 valence electrons. The number of rotatable bonds is 17. The molecule has 12 heteroatoms. The highest BCUT2D eigenvalue weighted by molar-refractivity contribution is 4.91. The van der Waals surface area contributed by atoms with E-state index in [2.05, 4.69) is 6.92 Å². The number of unbranched alkanes of at least 4 members (excludes halogenated alkanes) is 5. The van der Waals surface area contributed by atoms with Gasteiger partial charge in [0.25, 0.3) is 0 Å². The van der Waals surface area contributed by atoms with Crippen LogP contribution in [0.15, 0.2) is 0 Å². The molecule has 0 aliphatic carbocycles. The lowest BCUT2D eigenvalue weighted by Crippen LogP contribution is -2.61. The van der Waals surface area contributed by atoms with Crippen LogP contribution in [0.25, 0.3) is 0 Å². The predicted molar refractivity (Wildman–Crippen MR) is 126 cm³/mol. The van der Waals surface area contributed by atoms with Crippen LogP contribution in [-0.4, -0.2) is 132 Å². The Balaban J connectivity index is 1.83. The van der Waals surface area contributed by atoms with Crippen molar-refractivity contribution in [2.75, 3.05) is 40.1 Å². The molecule has 0 aromatic carbocycles. The Hall–Kier alpha value is -0.480. The van der Waals surface area contributed by atoms with Gasteiger partial charge in [-0.2, -0.15) is 0 Å². The van der Waals surface area contributed by atoms with Gasteiger partial charge in [0.15, 0.2) is 12.6 Å². The van der Waals surface area contributed by atoms with Gasteiger partial charge in [0.05, 0.1) is 13.2 Å². The van der Waals surface area contributed by atoms with E-state index in [-0.39, 0.29) is 19.8 Å². The van der Waals surface area contributed by atoms with Gasteiger partial charge in [-0.05, 0) is 25.7 Å². The summed E-state index contributed by atoms with van der Waals surface area (Å²) in [5.74, 6) is 0. The third kappa shape index (κ3) is 9.68. The Morgan fingerprint density at radius 2 is 1.08 bits per heavy atom. The van der Waals surface area contributed by atoms with Crippen LogP contribution in [0, 0.1) is 0 Å². The average Bonchev–Trinajstić information content (AvgIpc) is 2.87. The molecule has 36 heavy (non-hydrogen) atoms. The Morgan fingerprint density at radius 3 is 1.69 bits per heavy atom. The van der Waals surface area contributed by atoms with Gasteiger partial charge < -0.3 is 59.1 Å². The molecule has 2 saturated heterocycles. The monoisotopic (exact) mass is 526 g/mol. The van der Waals surface area contributed by atoms with Crippen molar-refractivity contribution in [3.05, 3.63) is 0 Å². The Labute approximate surface area is 213 Å². The summed E-state index contributed by atoms with van der Waals surface area (Å²) >= 11 is 0. The van der Waals surface area contributed by atoms with Crippen molar-refractivity contribution in [2.24, 2.45) is 0 Å². The molecule has 12 nitrogen and oxygen atoms in total. The highest BCUT2D eigenvalue weighted by Gasteiger charge is 2.47. The van der Waals surface area contributed by atoms with Crippen molar-refractivity contribution in [3.8, 4) is 0 Å². The quantitative estimate of drug-likeness (QED) is 0.128. The standard InChI is InChI=1S/C24H46O12/c1-3-4-5-8-11-32-13-15-17(25)19(27)22(30)24(35-15)34-14-16-18(26)20(28)21(29)23(36-16)33-12-9-6-7-10-31-2/h15-30H,3-14H2,1-2H3. The van der Waals surface area contributed by atoms with Crippen LogP contribution in [0.4, 0.5) is 0 Å². The van der Waals surface area contributed by atoms with Crippen LogP contribution >= 0.6 is 0 Å². The van der Waals surface area contributed by atoms with Gasteiger partial charge in [-0.15, -0.1) is 0 Å². The average molecular weight is 527 g/mol. The van der Waals surface area contributed by atoms with Gasteiger partial charge in [-0.3, -0.25) is 0 Å². The van der Waals surface area contributed by atoms with Crippen molar-refractivity contribution in [1.82, 2.24) is 0 Å². The van der Waals surface area contributed by atoms with Gasteiger partial charge in [0.2, 0.25) is 0 Å². The largest absolute Gasteiger partial charge is 0.387 e. The summed E-state index contributed by atoms with van der Waals surface area (Å²) in [6, 6.07) is 0. The second-order valence-corrected chi connectivity index (χ2v) is 9.42. The number of hydrogen-bond acceptors (Lipinski definition) is 12. The number of methoxy groups -OCH3 is 1. The highest BCUT2D eigenvalue weighted by Crippen LogP contribution is 2.26. The first-order valence-corrected chi connectivity index (χ1v) is 13.0. The SMILES string of the molecule is CCCCCCOCC1OC(OCC2OC(OCCCCCOC)C(O)C(O)C2O)C(O)C(O)C1O. The van der Waals surface area contributed by atoms with E-state index in [9.17, 15) is 30.6 Å². The fraction of sp³-hybridized carbons (Fsp3) is 1.00. The molecule has 2 rings (SSSR count).